The van der Waals surface area contributed by atoms with E-state index in [1.165, 1.54) is 121 Å². The fourth-order valence-electron chi connectivity index (χ4n) is 8.32. The lowest BCUT2D eigenvalue weighted by Crippen LogP contribution is -2.02. The highest BCUT2D eigenvalue weighted by atomic mass is 32.2. The number of benzene rings is 7. The molecule has 1 heteroatoms. The zero-order valence-corrected chi connectivity index (χ0v) is 35.5. The van der Waals surface area contributed by atoms with E-state index >= 15 is 0 Å². The van der Waals surface area contributed by atoms with Crippen LogP contribution in [0.1, 0.15) is 77.9 Å². The summed E-state index contributed by atoms with van der Waals surface area (Å²) in [5.41, 5.74) is 24.9. The highest BCUT2D eigenvalue weighted by Crippen LogP contribution is 2.56. The summed E-state index contributed by atoms with van der Waals surface area (Å²) in [5.74, 6) is 0. The van der Waals surface area contributed by atoms with Crippen molar-refractivity contribution in [1.29, 1.82) is 0 Å². The molecule has 0 aromatic heterocycles. The average molecular weight is 777 g/mol. The quantitative estimate of drug-likeness (QED) is 0.155. The van der Waals surface area contributed by atoms with E-state index in [9.17, 15) is 0 Å². The Balaban J connectivity index is 1.35. The third kappa shape index (κ3) is 7.55. The molecule has 0 spiro atoms. The van der Waals surface area contributed by atoms with Gasteiger partial charge in [-0.1, -0.05) is 221 Å². The van der Waals surface area contributed by atoms with Crippen LogP contribution in [0.2, 0.25) is 0 Å². The van der Waals surface area contributed by atoms with E-state index in [2.05, 4.69) is 224 Å². The Morgan fingerprint density at radius 2 is 0.593 bits per heavy atom. The molecule has 0 unspecified atom stereocenters. The van der Waals surface area contributed by atoms with Crippen LogP contribution in [0.15, 0.2) is 188 Å². The molecule has 2 aliphatic rings. The normalized spacial score (nSPS) is 14.7. The van der Waals surface area contributed by atoms with Crippen LogP contribution in [-0.2, 0) is 0 Å². The number of hydrogen-bond acceptors (Lipinski definition) is 1. The average Bonchev–Trinajstić information content (AvgIpc) is 3.59. The number of hydrogen-bond donors (Lipinski definition) is 0. The van der Waals surface area contributed by atoms with Crippen molar-refractivity contribution in [2.75, 3.05) is 0 Å². The summed E-state index contributed by atoms with van der Waals surface area (Å²) in [4.78, 5) is 2.50. The van der Waals surface area contributed by atoms with E-state index in [1.807, 2.05) is 11.8 Å². The smallest absolute Gasteiger partial charge is 0.0279 e. The Kier molecular flexibility index (Phi) is 10.4. The summed E-state index contributed by atoms with van der Waals surface area (Å²) < 4.78 is 0. The summed E-state index contributed by atoms with van der Waals surface area (Å²) >= 11 is 1.88. The first-order chi connectivity index (χ1) is 28.7. The molecule has 0 fully saturated rings. The van der Waals surface area contributed by atoms with Crippen LogP contribution < -0.4 is 0 Å². The van der Waals surface area contributed by atoms with Gasteiger partial charge >= 0.3 is 0 Å². The molecule has 0 atom stereocenters. The lowest BCUT2D eigenvalue weighted by molar-refractivity contribution is 1.43. The third-order valence-electron chi connectivity index (χ3n) is 11.6. The molecule has 59 heavy (non-hydrogen) atoms. The molecule has 286 valence electrons. The van der Waals surface area contributed by atoms with Gasteiger partial charge in [0.25, 0.3) is 0 Å². The second kappa shape index (κ2) is 16.1. The summed E-state index contributed by atoms with van der Waals surface area (Å²) in [6.07, 6.45) is 4.81. The largest absolute Gasteiger partial charge is 0.0881 e. The van der Waals surface area contributed by atoms with Gasteiger partial charge in [-0.3, -0.25) is 0 Å². The van der Waals surface area contributed by atoms with E-state index in [-0.39, 0.29) is 0 Å². The Hall–Kier alpha value is -6.41. The highest BCUT2D eigenvalue weighted by Gasteiger charge is 2.33. The van der Waals surface area contributed by atoms with Gasteiger partial charge in [0.2, 0.25) is 0 Å². The topological polar surface area (TPSA) is 0 Å². The molecule has 0 nitrogen and oxygen atoms in total. The number of fused-ring (bicyclic) bond motifs is 1. The first-order valence-corrected chi connectivity index (χ1v) is 21.4. The van der Waals surface area contributed by atoms with Crippen LogP contribution in [0.4, 0.5) is 0 Å². The van der Waals surface area contributed by atoms with Crippen molar-refractivity contribution in [2.45, 2.75) is 41.5 Å². The van der Waals surface area contributed by atoms with Crippen molar-refractivity contribution in [2.24, 2.45) is 0 Å². The number of allylic oxidation sites excluding steroid dienone is 7. The lowest BCUT2D eigenvalue weighted by atomic mass is 9.88. The molecule has 0 radical (unpaired) electrons. The summed E-state index contributed by atoms with van der Waals surface area (Å²) in [5, 5.41) is 0. The van der Waals surface area contributed by atoms with E-state index < -0.39 is 0 Å². The minimum atomic E-state index is 1.21. The van der Waals surface area contributed by atoms with E-state index in [1.54, 1.807) is 0 Å². The van der Waals surface area contributed by atoms with Gasteiger partial charge < -0.3 is 0 Å². The molecule has 1 aliphatic heterocycles. The van der Waals surface area contributed by atoms with Gasteiger partial charge in [-0.05, 0) is 120 Å². The minimum Gasteiger partial charge on any atom is -0.0881 e. The minimum absolute atomic E-state index is 1.21. The van der Waals surface area contributed by atoms with Crippen LogP contribution in [0.25, 0.3) is 37.7 Å². The molecule has 1 heterocycles. The van der Waals surface area contributed by atoms with E-state index in [0.29, 0.717) is 0 Å². The maximum absolute atomic E-state index is 2.42. The highest BCUT2D eigenvalue weighted by molar-refractivity contribution is 8.17. The first kappa shape index (κ1) is 38.1. The van der Waals surface area contributed by atoms with Crippen LogP contribution in [0.5, 0.6) is 0 Å². The molecular weight excluding hydrogens is 729 g/mol. The molecule has 0 bridgehead atoms. The van der Waals surface area contributed by atoms with Crippen molar-refractivity contribution in [3.63, 3.8) is 0 Å². The van der Waals surface area contributed by atoms with Crippen molar-refractivity contribution in [3.8, 4) is 0 Å². The van der Waals surface area contributed by atoms with Gasteiger partial charge in [0, 0.05) is 15.4 Å². The molecule has 0 saturated carbocycles. The molecule has 7 aromatic rings. The lowest BCUT2D eigenvalue weighted by Gasteiger charge is -2.26. The molecule has 9 rings (SSSR count). The Morgan fingerprint density at radius 1 is 0.288 bits per heavy atom. The molecule has 0 amide bonds. The van der Waals surface area contributed by atoms with Crippen molar-refractivity contribution < 1.29 is 0 Å². The standard InChI is InChI=1S/C58H48S/c1-37-11-23-43(24-12-37)53-51(54(44-25-13-38(2)14-26-44)57(47-31-19-41(5)20-32-47)56(53)46-29-17-40(4)18-30-46)35-36-52-49-9-7-8-10-50(49)55(45-27-15-39(3)16-28-45)58(59-52)48-33-21-42(6)22-34-48/h7-36H,1-6H3/b52-36-. The number of aryl methyl sites for hydroxylation is 6. The molecule has 0 N–H and O–H groups in total. The predicted octanol–water partition coefficient (Wildman–Crippen LogP) is 15.7. The number of rotatable bonds is 7. The van der Waals surface area contributed by atoms with Crippen LogP contribution in [0.3, 0.4) is 0 Å². The van der Waals surface area contributed by atoms with Gasteiger partial charge in [0.15, 0.2) is 0 Å². The maximum atomic E-state index is 2.42. The van der Waals surface area contributed by atoms with Gasteiger partial charge in [-0.15, -0.1) is 0 Å². The van der Waals surface area contributed by atoms with Gasteiger partial charge in [-0.25, -0.2) is 0 Å². The van der Waals surface area contributed by atoms with E-state index in [4.69, 9.17) is 0 Å². The second-order valence-electron chi connectivity index (χ2n) is 16.2. The SMILES string of the molecule is Cc1ccc(C2=C(c3ccc(C)cc3)c3ccccc3/C(=C/C=C3C(c4ccc(C)cc4)=C(c4ccc(C)cc4)C(c4ccc(C)cc4)=C3c3ccc(C)cc3)S2)cc1. The molecular formula is C58H48S. The first-order valence-electron chi connectivity index (χ1n) is 20.6. The Bertz CT molecular complexity index is 2740. The molecule has 7 aromatic carbocycles. The van der Waals surface area contributed by atoms with Crippen molar-refractivity contribution >= 4 is 49.4 Å². The van der Waals surface area contributed by atoms with E-state index in [0.717, 1.165) is 0 Å². The monoisotopic (exact) mass is 776 g/mol. The fraction of sp³-hybridized carbons (Fsp3) is 0.103. The third-order valence-corrected chi connectivity index (χ3v) is 12.8. The maximum Gasteiger partial charge on any atom is 0.0279 e. The summed E-state index contributed by atoms with van der Waals surface area (Å²) in [6.45, 7) is 13.0. The summed E-state index contributed by atoms with van der Waals surface area (Å²) in [6, 6.07) is 63.4. The van der Waals surface area contributed by atoms with Crippen molar-refractivity contribution in [1.82, 2.24) is 0 Å². The van der Waals surface area contributed by atoms with Crippen LogP contribution in [0, 0.1) is 41.5 Å². The number of thioether (sulfide) groups is 1. The zero-order chi connectivity index (χ0) is 40.6. The fourth-order valence-corrected chi connectivity index (χ4v) is 9.55. The molecule has 1 aliphatic carbocycles. The Labute approximate surface area is 354 Å². The predicted molar refractivity (Wildman–Crippen MR) is 257 cm³/mol. The second-order valence-corrected chi connectivity index (χ2v) is 17.2. The van der Waals surface area contributed by atoms with Crippen LogP contribution in [-0.4, -0.2) is 0 Å². The van der Waals surface area contributed by atoms with Gasteiger partial charge in [0.1, 0.15) is 0 Å². The Morgan fingerprint density at radius 3 is 0.966 bits per heavy atom. The molecule has 0 saturated heterocycles. The zero-order valence-electron chi connectivity index (χ0n) is 34.7. The van der Waals surface area contributed by atoms with Gasteiger partial charge in [-0.2, -0.15) is 0 Å². The summed E-state index contributed by atoms with van der Waals surface area (Å²) in [7, 11) is 0. The van der Waals surface area contributed by atoms with Gasteiger partial charge in [0.05, 0.1) is 0 Å². The van der Waals surface area contributed by atoms with Crippen LogP contribution >= 0.6 is 11.8 Å². The van der Waals surface area contributed by atoms with Crippen molar-refractivity contribution in [3.05, 3.63) is 265 Å².